The van der Waals surface area contributed by atoms with Gasteiger partial charge >= 0.3 is 0 Å². The number of rotatable bonds is 5. The molecule has 35 heavy (non-hydrogen) atoms. The first kappa shape index (κ1) is 22.2. The van der Waals surface area contributed by atoms with Crippen LogP contribution in [0.3, 0.4) is 0 Å². The Hall–Kier alpha value is -3.31. The van der Waals surface area contributed by atoms with Crippen molar-refractivity contribution >= 4 is 11.6 Å². The summed E-state index contributed by atoms with van der Waals surface area (Å²) in [5, 5.41) is 24.3. The average Bonchev–Trinajstić information content (AvgIpc) is 3.29. The fourth-order valence-corrected chi connectivity index (χ4v) is 5.87. The summed E-state index contributed by atoms with van der Waals surface area (Å²) in [5.41, 5.74) is 0.503. The summed E-state index contributed by atoms with van der Waals surface area (Å²) in [6.45, 7) is 0.418. The molecular formula is C30H25ClO4. The summed E-state index contributed by atoms with van der Waals surface area (Å²) in [4.78, 5) is 0. The number of benzene rings is 4. The summed E-state index contributed by atoms with van der Waals surface area (Å²) >= 11 is 6.20. The summed E-state index contributed by atoms with van der Waals surface area (Å²) in [7, 11) is 0. The van der Waals surface area contributed by atoms with E-state index >= 15 is 0 Å². The van der Waals surface area contributed by atoms with E-state index in [-0.39, 0.29) is 5.92 Å². The van der Waals surface area contributed by atoms with Gasteiger partial charge in [0.1, 0.15) is 18.1 Å². The summed E-state index contributed by atoms with van der Waals surface area (Å²) in [6.07, 6.45) is -0.671. The van der Waals surface area contributed by atoms with E-state index in [9.17, 15) is 10.2 Å². The van der Waals surface area contributed by atoms with Gasteiger partial charge in [-0.2, -0.15) is 0 Å². The molecule has 0 spiro atoms. The standard InChI is InChI=1S/C30H25ClO4/c31-23-13-11-22(12-14-23)30-26(21-9-5-2-6-10-21)18-28(32)29(30,33)25-16-15-24(17-27(25)35-30)34-19-20-7-3-1-4-8-20/h1-17,26,28,32-33H,18-19H2/t26-,28-,29?,30-/m0/s1. The van der Waals surface area contributed by atoms with Crippen LogP contribution in [0, 0.1) is 0 Å². The second-order valence-corrected chi connectivity index (χ2v) is 9.69. The van der Waals surface area contributed by atoms with E-state index < -0.39 is 17.3 Å². The van der Waals surface area contributed by atoms with Crippen molar-refractivity contribution in [3.05, 3.63) is 130 Å². The molecule has 1 fully saturated rings. The van der Waals surface area contributed by atoms with Crippen LogP contribution in [0.25, 0.3) is 0 Å². The zero-order chi connectivity index (χ0) is 24.0. The molecule has 0 aromatic heterocycles. The second-order valence-electron chi connectivity index (χ2n) is 9.26. The van der Waals surface area contributed by atoms with Crippen molar-refractivity contribution in [1.82, 2.24) is 0 Å². The Morgan fingerprint density at radius 3 is 2.29 bits per heavy atom. The number of hydrogen-bond acceptors (Lipinski definition) is 4. The number of ether oxygens (including phenoxy) is 2. The van der Waals surface area contributed by atoms with Crippen molar-refractivity contribution < 1.29 is 19.7 Å². The summed E-state index contributed by atoms with van der Waals surface area (Å²) < 4.78 is 12.8. The van der Waals surface area contributed by atoms with E-state index in [0.29, 0.717) is 35.1 Å². The smallest absolute Gasteiger partial charge is 0.176 e. The Morgan fingerprint density at radius 1 is 0.886 bits per heavy atom. The maximum atomic E-state index is 12.3. The molecule has 1 unspecified atom stereocenters. The van der Waals surface area contributed by atoms with Gasteiger partial charge in [-0.25, -0.2) is 0 Å². The van der Waals surface area contributed by atoms with Crippen molar-refractivity contribution in [3.63, 3.8) is 0 Å². The topological polar surface area (TPSA) is 58.9 Å². The molecule has 4 nitrogen and oxygen atoms in total. The quantitative estimate of drug-likeness (QED) is 0.368. The Bertz CT molecular complexity index is 1340. The van der Waals surface area contributed by atoms with Crippen LogP contribution in [0.5, 0.6) is 11.5 Å². The third-order valence-electron chi connectivity index (χ3n) is 7.36. The van der Waals surface area contributed by atoms with Crippen LogP contribution in [0.15, 0.2) is 103 Å². The zero-order valence-electron chi connectivity index (χ0n) is 19.0. The molecule has 0 bridgehead atoms. The molecule has 2 N–H and O–H groups in total. The molecule has 5 heteroatoms. The molecule has 6 rings (SSSR count). The van der Waals surface area contributed by atoms with Gasteiger partial charge in [-0.1, -0.05) is 84.4 Å². The number of fused-ring (bicyclic) bond motifs is 3. The van der Waals surface area contributed by atoms with Gasteiger partial charge in [-0.15, -0.1) is 0 Å². The van der Waals surface area contributed by atoms with Gasteiger partial charge in [0.05, 0.1) is 6.10 Å². The molecule has 176 valence electrons. The van der Waals surface area contributed by atoms with Gasteiger partial charge in [-0.05, 0) is 47.4 Å². The predicted molar refractivity (Wildman–Crippen MR) is 135 cm³/mol. The Morgan fingerprint density at radius 2 is 1.57 bits per heavy atom. The van der Waals surface area contributed by atoms with Gasteiger partial charge in [0, 0.05) is 22.6 Å². The van der Waals surface area contributed by atoms with Gasteiger partial charge in [0.25, 0.3) is 0 Å². The minimum atomic E-state index is -1.64. The minimum absolute atomic E-state index is 0.286. The summed E-state index contributed by atoms with van der Waals surface area (Å²) in [5.74, 6) is 0.854. The van der Waals surface area contributed by atoms with E-state index in [0.717, 1.165) is 16.7 Å². The number of aliphatic hydroxyl groups excluding tert-OH is 1. The van der Waals surface area contributed by atoms with Gasteiger partial charge in [0.15, 0.2) is 11.2 Å². The lowest BCUT2D eigenvalue weighted by Gasteiger charge is -2.40. The van der Waals surface area contributed by atoms with Crippen molar-refractivity contribution in [3.8, 4) is 11.5 Å². The van der Waals surface area contributed by atoms with Crippen LogP contribution in [0.1, 0.15) is 34.6 Å². The molecule has 1 aliphatic carbocycles. The fourth-order valence-electron chi connectivity index (χ4n) is 5.74. The largest absolute Gasteiger partial charge is 0.489 e. The van der Waals surface area contributed by atoms with Crippen LogP contribution < -0.4 is 9.47 Å². The van der Waals surface area contributed by atoms with Gasteiger partial charge in [0.2, 0.25) is 0 Å². The molecular weight excluding hydrogens is 460 g/mol. The highest BCUT2D eigenvalue weighted by atomic mass is 35.5. The molecule has 4 atom stereocenters. The molecule has 1 heterocycles. The lowest BCUT2D eigenvalue weighted by molar-refractivity contribution is -0.149. The van der Waals surface area contributed by atoms with Crippen molar-refractivity contribution in [2.45, 2.75) is 36.3 Å². The molecule has 0 saturated heterocycles. The molecule has 1 aliphatic heterocycles. The van der Waals surface area contributed by atoms with Crippen LogP contribution in [-0.2, 0) is 17.8 Å². The second kappa shape index (κ2) is 8.42. The molecule has 0 radical (unpaired) electrons. The first-order valence-corrected chi connectivity index (χ1v) is 12.1. The predicted octanol–water partition coefficient (Wildman–Crippen LogP) is 5.94. The molecule has 2 aliphatic rings. The van der Waals surface area contributed by atoms with E-state index in [1.807, 2.05) is 84.9 Å². The van der Waals surface area contributed by atoms with Crippen molar-refractivity contribution in [2.75, 3.05) is 0 Å². The molecule has 4 aromatic carbocycles. The van der Waals surface area contributed by atoms with Crippen LogP contribution in [0.2, 0.25) is 5.02 Å². The first-order chi connectivity index (χ1) is 17.0. The van der Waals surface area contributed by atoms with E-state index in [2.05, 4.69) is 0 Å². The average molecular weight is 485 g/mol. The number of aliphatic hydroxyl groups is 2. The highest BCUT2D eigenvalue weighted by Crippen LogP contribution is 2.66. The maximum absolute atomic E-state index is 12.3. The lowest BCUT2D eigenvalue weighted by atomic mass is 9.71. The number of hydrogen-bond donors (Lipinski definition) is 2. The molecule has 4 aromatic rings. The van der Waals surface area contributed by atoms with Crippen molar-refractivity contribution in [1.29, 1.82) is 0 Å². The van der Waals surface area contributed by atoms with Crippen LogP contribution in [-0.4, -0.2) is 16.3 Å². The third-order valence-corrected chi connectivity index (χ3v) is 7.61. The lowest BCUT2D eigenvalue weighted by Crippen LogP contribution is -2.51. The zero-order valence-corrected chi connectivity index (χ0v) is 19.7. The highest BCUT2D eigenvalue weighted by molar-refractivity contribution is 6.30. The molecule has 1 saturated carbocycles. The minimum Gasteiger partial charge on any atom is -0.489 e. The number of halogens is 1. The normalized spacial score (nSPS) is 26.6. The van der Waals surface area contributed by atoms with E-state index in [4.69, 9.17) is 21.1 Å². The Kier molecular flexibility index (Phi) is 5.33. The van der Waals surface area contributed by atoms with Gasteiger partial charge in [-0.3, -0.25) is 0 Å². The molecule has 0 amide bonds. The Labute approximate surface area is 209 Å². The monoisotopic (exact) mass is 484 g/mol. The third kappa shape index (κ3) is 3.36. The van der Waals surface area contributed by atoms with E-state index in [1.165, 1.54) is 0 Å². The maximum Gasteiger partial charge on any atom is 0.176 e. The van der Waals surface area contributed by atoms with Crippen molar-refractivity contribution in [2.24, 2.45) is 0 Å². The van der Waals surface area contributed by atoms with Crippen LogP contribution >= 0.6 is 11.6 Å². The Balaban J connectivity index is 1.45. The van der Waals surface area contributed by atoms with Crippen LogP contribution in [0.4, 0.5) is 0 Å². The van der Waals surface area contributed by atoms with E-state index in [1.54, 1.807) is 18.2 Å². The summed E-state index contributed by atoms with van der Waals surface area (Å²) in [6, 6.07) is 32.6. The fraction of sp³-hybridized carbons (Fsp3) is 0.200. The highest BCUT2D eigenvalue weighted by Gasteiger charge is 2.72. The van der Waals surface area contributed by atoms with Gasteiger partial charge < -0.3 is 19.7 Å². The first-order valence-electron chi connectivity index (χ1n) is 11.7. The SMILES string of the molecule is O[C@H]1C[C@@H](c2ccccc2)[C@]2(c3ccc(Cl)cc3)Oc3cc(OCc4ccccc4)ccc3C12O.